The van der Waals surface area contributed by atoms with Crippen LogP contribution in [0.5, 0.6) is 0 Å². The molecule has 0 aromatic heterocycles. The Hall–Kier alpha value is -0.890. The fraction of sp³-hybridized carbons (Fsp3) is 0.571. The highest BCUT2D eigenvalue weighted by Gasteiger charge is 2.23. The molecular weight excluding hydrogens is 201 g/mol. The van der Waals surface area contributed by atoms with Crippen molar-refractivity contribution in [3.8, 4) is 0 Å². The third-order valence-electron chi connectivity index (χ3n) is 3.45. The molecule has 1 fully saturated rings. The van der Waals surface area contributed by atoms with Crippen LogP contribution in [0.25, 0.3) is 0 Å². The van der Waals surface area contributed by atoms with Gasteiger partial charge in [0.05, 0.1) is 0 Å². The molecule has 1 aliphatic carbocycles. The molecule has 1 saturated carbocycles. The maximum atomic E-state index is 13.0. The SMILES string of the molecule is CCNC1CCC(Cc2cccc(F)c2)C1. The average Bonchev–Trinajstić information content (AvgIpc) is 2.66. The predicted molar refractivity (Wildman–Crippen MR) is 64.9 cm³/mol. The standard InChI is InChI=1S/C14H20FN/c1-2-16-14-7-6-12(10-14)8-11-4-3-5-13(15)9-11/h3-5,9,12,14,16H,2,6-8,10H2,1H3. The number of hydrogen-bond acceptors (Lipinski definition) is 1. The van der Waals surface area contributed by atoms with Crippen LogP contribution in [-0.2, 0) is 6.42 Å². The van der Waals surface area contributed by atoms with Gasteiger partial charge in [0.2, 0.25) is 0 Å². The lowest BCUT2D eigenvalue weighted by molar-refractivity contribution is 0.492. The van der Waals surface area contributed by atoms with E-state index in [9.17, 15) is 4.39 Å². The van der Waals surface area contributed by atoms with Crippen LogP contribution in [0.3, 0.4) is 0 Å². The van der Waals surface area contributed by atoms with E-state index in [1.807, 2.05) is 6.07 Å². The van der Waals surface area contributed by atoms with Gasteiger partial charge in [0, 0.05) is 6.04 Å². The Morgan fingerprint density at radius 3 is 3.00 bits per heavy atom. The Kier molecular flexibility index (Phi) is 3.94. The molecular formula is C14H20FN. The van der Waals surface area contributed by atoms with Crippen molar-refractivity contribution in [3.05, 3.63) is 35.6 Å². The van der Waals surface area contributed by atoms with E-state index < -0.39 is 0 Å². The first-order valence-electron chi connectivity index (χ1n) is 6.25. The highest BCUT2D eigenvalue weighted by atomic mass is 19.1. The van der Waals surface area contributed by atoms with Crippen LogP contribution >= 0.6 is 0 Å². The van der Waals surface area contributed by atoms with Gasteiger partial charge in [-0.05, 0) is 55.8 Å². The number of hydrogen-bond donors (Lipinski definition) is 1. The molecule has 2 rings (SSSR count). The molecule has 2 unspecified atom stereocenters. The van der Waals surface area contributed by atoms with E-state index in [0.29, 0.717) is 6.04 Å². The summed E-state index contributed by atoms with van der Waals surface area (Å²) in [6.45, 7) is 3.21. The van der Waals surface area contributed by atoms with Gasteiger partial charge in [0.1, 0.15) is 5.82 Å². The van der Waals surface area contributed by atoms with Gasteiger partial charge in [-0.2, -0.15) is 0 Å². The van der Waals surface area contributed by atoms with Crippen molar-refractivity contribution in [2.24, 2.45) is 5.92 Å². The molecule has 88 valence electrons. The summed E-state index contributed by atoms with van der Waals surface area (Å²) < 4.78 is 13.0. The first-order chi connectivity index (χ1) is 7.78. The maximum absolute atomic E-state index is 13.0. The van der Waals surface area contributed by atoms with Crippen molar-refractivity contribution in [3.63, 3.8) is 0 Å². The molecule has 0 amide bonds. The molecule has 0 saturated heterocycles. The summed E-state index contributed by atoms with van der Waals surface area (Å²) in [4.78, 5) is 0. The number of halogens is 1. The average molecular weight is 221 g/mol. The van der Waals surface area contributed by atoms with Crippen LogP contribution < -0.4 is 5.32 Å². The molecule has 0 bridgehead atoms. The van der Waals surface area contributed by atoms with E-state index in [1.165, 1.54) is 25.3 Å². The van der Waals surface area contributed by atoms with Crippen LogP contribution in [0.4, 0.5) is 4.39 Å². The minimum atomic E-state index is -0.112. The van der Waals surface area contributed by atoms with Crippen molar-refractivity contribution >= 4 is 0 Å². The number of benzene rings is 1. The minimum absolute atomic E-state index is 0.112. The highest BCUT2D eigenvalue weighted by molar-refractivity contribution is 5.17. The van der Waals surface area contributed by atoms with E-state index in [2.05, 4.69) is 12.2 Å². The van der Waals surface area contributed by atoms with E-state index >= 15 is 0 Å². The number of nitrogens with one attached hydrogen (secondary N) is 1. The summed E-state index contributed by atoms with van der Waals surface area (Å²) >= 11 is 0. The largest absolute Gasteiger partial charge is 0.314 e. The van der Waals surface area contributed by atoms with Gasteiger partial charge < -0.3 is 5.32 Å². The number of rotatable bonds is 4. The predicted octanol–water partition coefficient (Wildman–Crippen LogP) is 3.15. The van der Waals surface area contributed by atoms with Gasteiger partial charge in [-0.1, -0.05) is 19.1 Å². The minimum Gasteiger partial charge on any atom is -0.314 e. The molecule has 0 heterocycles. The van der Waals surface area contributed by atoms with Crippen molar-refractivity contribution in [2.75, 3.05) is 6.54 Å². The zero-order chi connectivity index (χ0) is 11.4. The van der Waals surface area contributed by atoms with Crippen LogP contribution in [0.2, 0.25) is 0 Å². The second-order valence-electron chi connectivity index (χ2n) is 4.77. The zero-order valence-electron chi connectivity index (χ0n) is 9.88. The highest BCUT2D eigenvalue weighted by Crippen LogP contribution is 2.28. The Morgan fingerprint density at radius 1 is 1.38 bits per heavy atom. The Bertz CT molecular complexity index is 337. The lowest BCUT2D eigenvalue weighted by Gasteiger charge is -2.12. The molecule has 1 nitrogen and oxygen atoms in total. The molecule has 1 aliphatic rings. The topological polar surface area (TPSA) is 12.0 Å². The third-order valence-corrected chi connectivity index (χ3v) is 3.45. The summed E-state index contributed by atoms with van der Waals surface area (Å²) in [5, 5.41) is 3.50. The van der Waals surface area contributed by atoms with E-state index in [1.54, 1.807) is 12.1 Å². The molecule has 2 heteroatoms. The summed E-state index contributed by atoms with van der Waals surface area (Å²) in [6, 6.07) is 7.70. The second-order valence-corrected chi connectivity index (χ2v) is 4.77. The quantitative estimate of drug-likeness (QED) is 0.823. The molecule has 2 atom stereocenters. The summed E-state index contributed by atoms with van der Waals surface area (Å²) in [5.41, 5.74) is 1.14. The maximum Gasteiger partial charge on any atom is 0.123 e. The summed E-state index contributed by atoms with van der Waals surface area (Å²) in [6.07, 6.45) is 4.81. The summed E-state index contributed by atoms with van der Waals surface area (Å²) in [5.74, 6) is 0.615. The molecule has 0 aliphatic heterocycles. The molecule has 1 N–H and O–H groups in total. The van der Waals surface area contributed by atoms with Gasteiger partial charge in [0.15, 0.2) is 0 Å². The van der Waals surface area contributed by atoms with Crippen molar-refractivity contribution in [1.29, 1.82) is 0 Å². The zero-order valence-corrected chi connectivity index (χ0v) is 9.88. The monoisotopic (exact) mass is 221 g/mol. The Labute approximate surface area is 97.1 Å². The molecule has 16 heavy (non-hydrogen) atoms. The van der Waals surface area contributed by atoms with Crippen LogP contribution in [-0.4, -0.2) is 12.6 Å². The van der Waals surface area contributed by atoms with E-state index in [-0.39, 0.29) is 5.82 Å². The van der Waals surface area contributed by atoms with Gasteiger partial charge in [0.25, 0.3) is 0 Å². The van der Waals surface area contributed by atoms with Crippen molar-refractivity contribution < 1.29 is 4.39 Å². The first-order valence-corrected chi connectivity index (χ1v) is 6.25. The van der Waals surface area contributed by atoms with E-state index in [0.717, 1.165) is 24.4 Å². The second kappa shape index (κ2) is 5.44. The lowest BCUT2D eigenvalue weighted by Crippen LogP contribution is -2.25. The smallest absolute Gasteiger partial charge is 0.123 e. The normalized spacial score (nSPS) is 24.9. The van der Waals surface area contributed by atoms with Gasteiger partial charge in [-0.25, -0.2) is 4.39 Å². The first kappa shape index (κ1) is 11.6. The fourth-order valence-corrected chi connectivity index (χ4v) is 2.73. The van der Waals surface area contributed by atoms with Crippen molar-refractivity contribution in [1.82, 2.24) is 5.32 Å². The van der Waals surface area contributed by atoms with Gasteiger partial charge in [-0.3, -0.25) is 0 Å². The van der Waals surface area contributed by atoms with Crippen molar-refractivity contribution in [2.45, 2.75) is 38.6 Å². The fourth-order valence-electron chi connectivity index (χ4n) is 2.73. The van der Waals surface area contributed by atoms with Crippen LogP contribution in [0, 0.1) is 11.7 Å². The van der Waals surface area contributed by atoms with Crippen LogP contribution in [0.1, 0.15) is 31.7 Å². The lowest BCUT2D eigenvalue weighted by atomic mass is 9.98. The van der Waals surface area contributed by atoms with Crippen LogP contribution in [0.15, 0.2) is 24.3 Å². The summed E-state index contributed by atoms with van der Waals surface area (Å²) in [7, 11) is 0. The molecule has 0 radical (unpaired) electrons. The Morgan fingerprint density at radius 2 is 2.25 bits per heavy atom. The van der Waals surface area contributed by atoms with Gasteiger partial charge in [-0.15, -0.1) is 0 Å². The molecule has 1 aromatic rings. The van der Waals surface area contributed by atoms with Gasteiger partial charge >= 0.3 is 0 Å². The van der Waals surface area contributed by atoms with E-state index in [4.69, 9.17) is 0 Å². The third kappa shape index (κ3) is 3.05. The molecule has 1 aromatic carbocycles. The molecule has 0 spiro atoms. The Balaban J connectivity index is 1.87.